The maximum atomic E-state index is 9.60. The van der Waals surface area contributed by atoms with E-state index in [0.29, 0.717) is 19.3 Å². The van der Waals surface area contributed by atoms with Gasteiger partial charge in [-0.25, -0.2) is 0 Å². The molecule has 1 unspecified atom stereocenters. The van der Waals surface area contributed by atoms with Crippen molar-refractivity contribution >= 4 is 0 Å². The Kier molecular flexibility index (Phi) is 11.6. The number of hydrogen-bond acceptors (Lipinski definition) is 4. The van der Waals surface area contributed by atoms with E-state index in [1.807, 2.05) is 0 Å². The molecular weight excluding hydrogens is 242 g/mol. The Morgan fingerprint density at radius 1 is 1.05 bits per heavy atom. The molecular formula is C15H33NO3. The van der Waals surface area contributed by atoms with Gasteiger partial charge in [0.1, 0.15) is 0 Å². The summed E-state index contributed by atoms with van der Waals surface area (Å²) in [5.74, 6) is 0. The monoisotopic (exact) mass is 275 g/mol. The minimum atomic E-state index is -0.157. The molecule has 0 aromatic heterocycles. The van der Waals surface area contributed by atoms with Crippen LogP contribution in [0.1, 0.15) is 53.4 Å². The van der Waals surface area contributed by atoms with E-state index in [9.17, 15) is 5.11 Å². The maximum absolute atomic E-state index is 9.60. The molecule has 0 saturated heterocycles. The van der Waals surface area contributed by atoms with Gasteiger partial charge in [-0.15, -0.1) is 0 Å². The summed E-state index contributed by atoms with van der Waals surface area (Å²) in [7, 11) is 0. The Hall–Kier alpha value is -0.160. The van der Waals surface area contributed by atoms with Gasteiger partial charge in [-0.3, -0.25) is 0 Å². The molecule has 0 heterocycles. The predicted octanol–water partition coefficient (Wildman–Crippen LogP) is 2.35. The van der Waals surface area contributed by atoms with Crippen molar-refractivity contribution in [3.63, 3.8) is 0 Å². The summed E-state index contributed by atoms with van der Waals surface area (Å²) in [6.45, 7) is 11.5. The second-order valence-corrected chi connectivity index (χ2v) is 5.42. The van der Waals surface area contributed by atoms with Crippen LogP contribution >= 0.6 is 0 Å². The molecule has 116 valence electrons. The van der Waals surface area contributed by atoms with Crippen LogP contribution in [-0.2, 0) is 9.47 Å². The fourth-order valence-corrected chi connectivity index (χ4v) is 2.18. The van der Waals surface area contributed by atoms with Crippen LogP contribution in [0, 0.1) is 0 Å². The van der Waals surface area contributed by atoms with E-state index in [2.05, 4.69) is 33.0 Å². The van der Waals surface area contributed by atoms with E-state index >= 15 is 0 Å². The third kappa shape index (κ3) is 9.38. The van der Waals surface area contributed by atoms with Crippen molar-refractivity contribution in [1.82, 2.24) is 5.32 Å². The molecule has 0 rings (SSSR count). The minimum absolute atomic E-state index is 0.157. The smallest absolute Gasteiger partial charge is 0.0700 e. The van der Waals surface area contributed by atoms with Gasteiger partial charge in [-0.05, 0) is 25.7 Å². The lowest BCUT2D eigenvalue weighted by atomic mass is 9.90. The van der Waals surface area contributed by atoms with Crippen LogP contribution < -0.4 is 5.32 Å². The lowest BCUT2D eigenvalue weighted by Crippen LogP contribution is -2.51. The maximum Gasteiger partial charge on any atom is 0.0700 e. The largest absolute Gasteiger partial charge is 0.394 e. The van der Waals surface area contributed by atoms with Gasteiger partial charge in [-0.1, -0.05) is 27.7 Å². The van der Waals surface area contributed by atoms with Crippen molar-refractivity contribution in [2.45, 2.75) is 65.0 Å². The summed E-state index contributed by atoms with van der Waals surface area (Å²) < 4.78 is 10.9. The summed E-state index contributed by atoms with van der Waals surface area (Å²) in [5.41, 5.74) is -0.157. The zero-order valence-electron chi connectivity index (χ0n) is 13.2. The van der Waals surface area contributed by atoms with Crippen LogP contribution in [0.3, 0.4) is 0 Å². The Morgan fingerprint density at radius 2 is 1.68 bits per heavy atom. The van der Waals surface area contributed by atoms with Crippen LogP contribution in [0.25, 0.3) is 0 Å². The zero-order valence-corrected chi connectivity index (χ0v) is 13.2. The molecule has 1 atom stereocenters. The number of hydrogen-bond donors (Lipinski definition) is 2. The van der Waals surface area contributed by atoms with Crippen LogP contribution in [0.15, 0.2) is 0 Å². The van der Waals surface area contributed by atoms with Crippen LogP contribution in [0.5, 0.6) is 0 Å². The first-order valence-electron chi connectivity index (χ1n) is 7.64. The van der Waals surface area contributed by atoms with Crippen LogP contribution in [0.2, 0.25) is 0 Å². The molecule has 0 radical (unpaired) electrons. The quantitative estimate of drug-likeness (QED) is 0.507. The Morgan fingerprint density at radius 3 is 2.16 bits per heavy atom. The second-order valence-electron chi connectivity index (χ2n) is 5.42. The van der Waals surface area contributed by atoms with Crippen LogP contribution in [-0.4, -0.2) is 49.7 Å². The minimum Gasteiger partial charge on any atom is -0.394 e. The highest BCUT2D eigenvalue weighted by molar-refractivity contribution is 4.87. The number of nitrogens with one attached hydrogen (secondary N) is 1. The second kappa shape index (κ2) is 11.6. The van der Waals surface area contributed by atoms with Gasteiger partial charge >= 0.3 is 0 Å². The van der Waals surface area contributed by atoms with E-state index in [1.165, 1.54) is 0 Å². The summed E-state index contributed by atoms with van der Waals surface area (Å²) in [4.78, 5) is 0. The molecule has 0 aliphatic rings. The van der Waals surface area contributed by atoms with Gasteiger partial charge in [0.25, 0.3) is 0 Å². The molecule has 0 aromatic carbocycles. The molecule has 0 aromatic rings. The third-order valence-corrected chi connectivity index (χ3v) is 3.24. The van der Waals surface area contributed by atoms with Gasteiger partial charge in [0.05, 0.1) is 19.8 Å². The number of aliphatic hydroxyl groups excluding tert-OH is 1. The number of ether oxygens (including phenoxy) is 2. The highest BCUT2D eigenvalue weighted by atomic mass is 16.5. The molecule has 0 bridgehead atoms. The van der Waals surface area contributed by atoms with E-state index in [1.54, 1.807) is 0 Å². The van der Waals surface area contributed by atoms with Crippen molar-refractivity contribution in [2.24, 2.45) is 0 Å². The average Bonchev–Trinajstić information content (AvgIpc) is 2.40. The van der Waals surface area contributed by atoms with Gasteiger partial charge in [0.15, 0.2) is 0 Å². The third-order valence-electron chi connectivity index (χ3n) is 3.24. The van der Waals surface area contributed by atoms with E-state index in [4.69, 9.17) is 9.47 Å². The molecule has 2 N–H and O–H groups in total. The summed E-state index contributed by atoms with van der Waals surface area (Å²) >= 11 is 0. The van der Waals surface area contributed by atoms with Gasteiger partial charge in [0.2, 0.25) is 0 Å². The SMILES string of the molecule is CCCOCCOCCCC(CC)(CO)NC(C)C. The number of aliphatic hydroxyl groups is 1. The molecule has 0 saturated carbocycles. The fraction of sp³-hybridized carbons (Fsp3) is 1.00. The zero-order chi connectivity index (χ0) is 14.6. The lowest BCUT2D eigenvalue weighted by Gasteiger charge is -2.34. The predicted molar refractivity (Wildman–Crippen MR) is 79.5 cm³/mol. The summed E-state index contributed by atoms with van der Waals surface area (Å²) in [5, 5.41) is 13.1. The van der Waals surface area contributed by atoms with Crippen molar-refractivity contribution in [3.8, 4) is 0 Å². The molecule has 4 heteroatoms. The first-order valence-corrected chi connectivity index (χ1v) is 7.64. The van der Waals surface area contributed by atoms with Crippen molar-refractivity contribution in [3.05, 3.63) is 0 Å². The molecule has 19 heavy (non-hydrogen) atoms. The Balaban J connectivity index is 3.70. The summed E-state index contributed by atoms with van der Waals surface area (Å²) in [6, 6.07) is 0.385. The first kappa shape index (κ1) is 18.8. The van der Waals surface area contributed by atoms with Crippen LogP contribution in [0.4, 0.5) is 0 Å². The Bertz CT molecular complexity index is 194. The topological polar surface area (TPSA) is 50.7 Å². The standard InChI is InChI=1S/C15H33NO3/c1-5-9-18-11-12-19-10-7-8-15(6-2,13-17)16-14(3)4/h14,16-17H,5-13H2,1-4H3. The lowest BCUT2D eigenvalue weighted by molar-refractivity contribution is 0.0416. The van der Waals surface area contributed by atoms with Gasteiger partial charge in [-0.2, -0.15) is 0 Å². The molecule has 0 aliphatic carbocycles. The van der Waals surface area contributed by atoms with E-state index in [0.717, 1.165) is 38.9 Å². The van der Waals surface area contributed by atoms with E-state index < -0.39 is 0 Å². The number of rotatable bonds is 13. The van der Waals surface area contributed by atoms with Gasteiger partial charge < -0.3 is 19.9 Å². The molecule has 0 fully saturated rings. The Labute approximate surface area is 118 Å². The first-order chi connectivity index (χ1) is 9.10. The average molecular weight is 275 g/mol. The highest BCUT2D eigenvalue weighted by Crippen LogP contribution is 2.18. The molecule has 0 aliphatic heterocycles. The van der Waals surface area contributed by atoms with Gasteiger partial charge in [0, 0.05) is 24.8 Å². The summed E-state index contributed by atoms with van der Waals surface area (Å²) in [6.07, 6.45) is 3.88. The highest BCUT2D eigenvalue weighted by Gasteiger charge is 2.26. The molecule has 4 nitrogen and oxygen atoms in total. The normalized spacial score (nSPS) is 14.8. The van der Waals surface area contributed by atoms with Crippen molar-refractivity contribution in [1.29, 1.82) is 0 Å². The molecule has 0 spiro atoms. The van der Waals surface area contributed by atoms with Crippen molar-refractivity contribution < 1.29 is 14.6 Å². The van der Waals surface area contributed by atoms with E-state index in [-0.39, 0.29) is 12.1 Å². The fourth-order valence-electron chi connectivity index (χ4n) is 2.18. The molecule has 0 amide bonds. The van der Waals surface area contributed by atoms with Crippen molar-refractivity contribution in [2.75, 3.05) is 33.0 Å².